The molecular weight excluding hydrogens is 390 g/mol. The Balaban J connectivity index is 1.97. The lowest BCUT2D eigenvalue weighted by Gasteiger charge is -2.25. The van der Waals surface area contributed by atoms with Crippen LogP contribution in [0.5, 0.6) is 0 Å². The molecule has 3 aromatic rings. The maximum absolute atomic E-state index is 13.1. The van der Waals surface area contributed by atoms with Gasteiger partial charge in [0.1, 0.15) is 17.6 Å². The summed E-state index contributed by atoms with van der Waals surface area (Å²) in [5.41, 5.74) is 2.69. The Hall–Kier alpha value is -3.31. The van der Waals surface area contributed by atoms with Crippen molar-refractivity contribution in [2.75, 3.05) is 4.90 Å². The molecule has 1 aromatic heterocycles. The number of aliphatic hydroxyl groups is 1. The average molecular weight is 408 g/mol. The Bertz CT molecular complexity index is 1150. The van der Waals surface area contributed by atoms with Gasteiger partial charge in [0, 0.05) is 16.3 Å². The summed E-state index contributed by atoms with van der Waals surface area (Å²) in [4.78, 5) is 27.4. The summed E-state index contributed by atoms with van der Waals surface area (Å²) in [5.74, 6) is -1.40. The zero-order valence-corrected chi connectivity index (χ0v) is 16.6. The lowest BCUT2D eigenvalue weighted by atomic mass is 9.99. The molecule has 2 heterocycles. The van der Waals surface area contributed by atoms with Gasteiger partial charge in [-0.1, -0.05) is 35.9 Å². The normalized spacial score (nSPS) is 18.4. The number of carbonyl (C=O) groups is 2. The van der Waals surface area contributed by atoms with Gasteiger partial charge in [0.2, 0.25) is 0 Å². The molecular formula is C23H18ClNO4. The summed E-state index contributed by atoms with van der Waals surface area (Å²) >= 11 is 6.04. The summed E-state index contributed by atoms with van der Waals surface area (Å²) < 4.78 is 5.56. The minimum Gasteiger partial charge on any atom is -0.507 e. The molecule has 0 bridgehead atoms. The van der Waals surface area contributed by atoms with Crippen LogP contribution in [0.25, 0.3) is 5.76 Å². The van der Waals surface area contributed by atoms with Crippen molar-refractivity contribution in [3.8, 4) is 0 Å². The highest BCUT2D eigenvalue weighted by atomic mass is 35.5. The fourth-order valence-electron chi connectivity index (χ4n) is 3.57. The Kier molecular flexibility index (Phi) is 4.76. The first-order valence-corrected chi connectivity index (χ1v) is 9.44. The van der Waals surface area contributed by atoms with Gasteiger partial charge in [0.25, 0.3) is 11.7 Å². The molecule has 146 valence electrons. The van der Waals surface area contributed by atoms with Crippen molar-refractivity contribution in [3.05, 3.63) is 93.9 Å². The zero-order chi connectivity index (χ0) is 20.7. The molecule has 5 nitrogen and oxygen atoms in total. The maximum atomic E-state index is 13.1. The highest BCUT2D eigenvalue weighted by molar-refractivity contribution is 6.51. The average Bonchev–Trinajstić information content (AvgIpc) is 3.31. The molecule has 1 fully saturated rings. The summed E-state index contributed by atoms with van der Waals surface area (Å²) in [6, 6.07) is 14.6. The Morgan fingerprint density at radius 2 is 1.86 bits per heavy atom. The molecule has 1 unspecified atom stereocenters. The molecule has 0 spiro atoms. The van der Waals surface area contributed by atoms with E-state index < -0.39 is 17.7 Å². The second-order valence-electron chi connectivity index (χ2n) is 6.98. The van der Waals surface area contributed by atoms with Crippen LogP contribution >= 0.6 is 11.6 Å². The molecule has 1 aliphatic heterocycles. The van der Waals surface area contributed by atoms with E-state index in [1.807, 2.05) is 32.0 Å². The second-order valence-corrected chi connectivity index (χ2v) is 7.42. The topological polar surface area (TPSA) is 70.8 Å². The number of anilines is 1. The summed E-state index contributed by atoms with van der Waals surface area (Å²) in [5, 5.41) is 11.4. The molecule has 1 atom stereocenters. The van der Waals surface area contributed by atoms with E-state index in [9.17, 15) is 14.7 Å². The first kappa shape index (κ1) is 19.0. The van der Waals surface area contributed by atoms with Crippen LogP contribution in [-0.2, 0) is 9.59 Å². The number of amides is 1. The molecule has 0 radical (unpaired) electrons. The molecule has 2 aromatic carbocycles. The summed E-state index contributed by atoms with van der Waals surface area (Å²) in [6.45, 7) is 3.78. The lowest BCUT2D eigenvalue weighted by molar-refractivity contribution is -0.132. The van der Waals surface area contributed by atoms with E-state index >= 15 is 0 Å². The van der Waals surface area contributed by atoms with Crippen LogP contribution in [0.2, 0.25) is 5.02 Å². The van der Waals surface area contributed by atoms with Crippen LogP contribution in [0.1, 0.15) is 28.5 Å². The van der Waals surface area contributed by atoms with Gasteiger partial charge in [-0.05, 0) is 55.3 Å². The van der Waals surface area contributed by atoms with Crippen molar-refractivity contribution in [2.24, 2.45) is 0 Å². The van der Waals surface area contributed by atoms with Crippen molar-refractivity contribution in [1.29, 1.82) is 0 Å². The molecule has 1 amide bonds. The smallest absolute Gasteiger partial charge is 0.300 e. The number of Topliss-reactive ketones (excluding diaryl/α,β-unsaturated/α-hetero) is 1. The number of ketones is 1. The highest BCUT2D eigenvalue weighted by Crippen LogP contribution is 2.43. The number of carbonyl (C=O) groups excluding carboxylic acids is 2. The summed E-state index contributed by atoms with van der Waals surface area (Å²) in [7, 11) is 0. The third-order valence-electron chi connectivity index (χ3n) is 4.98. The molecule has 0 saturated carbocycles. The standard InChI is InChI=1S/C23H18ClNO4/c1-13-8-9-14(2)17(11-13)25-20(18-7-4-10-29-18)19(22(27)23(25)28)21(26)15-5-3-6-16(24)12-15/h3-12,20,26H,1-2H3/b21-19-. The number of aryl methyl sites for hydroxylation is 2. The Morgan fingerprint density at radius 3 is 2.55 bits per heavy atom. The molecule has 1 saturated heterocycles. The van der Waals surface area contributed by atoms with Crippen molar-refractivity contribution in [3.63, 3.8) is 0 Å². The van der Waals surface area contributed by atoms with Crippen LogP contribution in [0.3, 0.4) is 0 Å². The van der Waals surface area contributed by atoms with Gasteiger partial charge < -0.3 is 9.52 Å². The van der Waals surface area contributed by atoms with Gasteiger partial charge in [-0.25, -0.2) is 0 Å². The Morgan fingerprint density at radius 1 is 1.07 bits per heavy atom. The van der Waals surface area contributed by atoms with Gasteiger partial charge in [-0.3, -0.25) is 14.5 Å². The second kappa shape index (κ2) is 7.26. The largest absolute Gasteiger partial charge is 0.507 e. The van der Waals surface area contributed by atoms with Crippen LogP contribution in [0, 0.1) is 13.8 Å². The fraction of sp³-hybridized carbons (Fsp3) is 0.130. The van der Waals surface area contributed by atoms with Crippen LogP contribution < -0.4 is 4.90 Å². The molecule has 1 aliphatic rings. The number of benzene rings is 2. The van der Waals surface area contributed by atoms with Crippen molar-refractivity contribution in [2.45, 2.75) is 19.9 Å². The van der Waals surface area contributed by atoms with E-state index in [1.165, 1.54) is 11.2 Å². The number of hydrogen-bond acceptors (Lipinski definition) is 4. The van der Waals surface area contributed by atoms with E-state index in [2.05, 4.69) is 0 Å². The van der Waals surface area contributed by atoms with Crippen LogP contribution in [-0.4, -0.2) is 16.8 Å². The zero-order valence-electron chi connectivity index (χ0n) is 15.8. The first-order chi connectivity index (χ1) is 13.9. The third kappa shape index (κ3) is 3.23. The SMILES string of the molecule is Cc1ccc(C)c(N2C(=O)C(=O)/C(=C(\O)c3cccc(Cl)c3)C2c2ccco2)c1. The predicted octanol–water partition coefficient (Wildman–Crippen LogP) is 5.18. The molecule has 0 aliphatic carbocycles. The van der Waals surface area contributed by atoms with E-state index in [-0.39, 0.29) is 11.3 Å². The van der Waals surface area contributed by atoms with Crippen molar-refractivity contribution >= 4 is 34.7 Å². The third-order valence-corrected chi connectivity index (χ3v) is 5.21. The van der Waals surface area contributed by atoms with Gasteiger partial charge in [-0.2, -0.15) is 0 Å². The maximum Gasteiger partial charge on any atom is 0.300 e. The van der Waals surface area contributed by atoms with Crippen LogP contribution in [0.15, 0.2) is 70.9 Å². The number of rotatable bonds is 3. The van der Waals surface area contributed by atoms with Gasteiger partial charge in [-0.15, -0.1) is 0 Å². The Labute approximate surface area is 172 Å². The van der Waals surface area contributed by atoms with Gasteiger partial charge >= 0.3 is 0 Å². The predicted molar refractivity (Wildman–Crippen MR) is 111 cm³/mol. The number of aliphatic hydroxyl groups excluding tert-OH is 1. The quantitative estimate of drug-likeness (QED) is 0.369. The van der Waals surface area contributed by atoms with E-state index in [4.69, 9.17) is 16.0 Å². The van der Waals surface area contributed by atoms with Gasteiger partial charge in [0.05, 0.1) is 11.8 Å². The summed E-state index contributed by atoms with van der Waals surface area (Å²) in [6.07, 6.45) is 1.47. The van der Waals surface area contributed by atoms with Crippen molar-refractivity contribution < 1.29 is 19.1 Å². The first-order valence-electron chi connectivity index (χ1n) is 9.06. The van der Waals surface area contributed by atoms with E-state index in [0.717, 1.165) is 11.1 Å². The van der Waals surface area contributed by atoms with Gasteiger partial charge in [0.15, 0.2) is 0 Å². The molecule has 6 heteroatoms. The fourth-order valence-corrected chi connectivity index (χ4v) is 3.76. The van der Waals surface area contributed by atoms with E-state index in [1.54, 1.807) is 36.4 Å². The number of halogens is 1. The monoisotopic (exact) mass is 407 g/mol. The molecule has 4 rings (SSSR count). The molecule has 29 heavy (non-hydrogen) atoms. The minimum atomic E-state index is -0.885. The highest BCUT2D eigenvalue weighted by Gasteiger charge is 2.48. The van der Waals surface area contributed by atoms with E-state index in [0.29, 0.717) is 22.0 Å². The molecule has 1 N–H and O–H groups in total. The minimum absolute atomic E-state index is 0.0341. The van der Waals surface area contributed by atoms with Crippen LogP contribution in [0.4, 0.5) is 5.69 Å². The number of hydrogen-bond donors (Lipinski definition) is 1. The van der Waals surface area contributed by atoms with Crippen molar-refractivity contribution in [1.82, 2.24) is 0 Å². The number of nitrogens with zero attached hydrogens (tertiary/aromatic N) is 1. The number of furan rings is 1. The lowest BCUT2D eigenvalue weighted by Crippen LogP contribution is -2.30.